The summed E-state index contributed by atoms with van der Waals surface area (Å²) in [4.78, 5) is 4.46. The van der Waals surface area contributed by atoms with E-state index >= 15 is 0 Å². The fraction of sp³-hybridized carbons (Fsp3) is 0.368. The molecule has 0 amide bonds. The van der Waals surface area contributed by atoms with Gasteiger partial charge in [0.2, 0.25) is 0 Å². The number of benzene rings is 2. The fourth-order valence-corrected chi connectivity index (χ4v) is 4.13. The molecule has 2 aromatic carbocycles. The first kappa shape index (κ1) is 25.5. The number of halogens is 5. The van der Waals surface area contributed by atoms with E-state index in [0.717, 1.165) is 40.8 Å². The smallest absolute Gasteiger partial charge is 0.133 e. The maximum Gasteiger partial charge on any atom is 0.133 e. The SMILES string of the molecule is Cl.Cl.OC(COc1ccc(Br)cc1Br)CN1CCN(c2ccc(F)cc2)CC1. The molecule has 1 fully saturated rings. The van der Waals surface area contributed by atoms with Crippen molar-refractivity contribution in [3.05, 3.63) is 57.2 Å². The summed E-state index contributed by atoms with van der Waals surface area (Å²) < 4.78 is 20.6. The predicted molar refractivity (Wildman–Crippen MR) is 123 cm³/mol. The maximum atomic E-state index is 13.0. The molecule has 3 rings (SSSR count). The van der Waals surface area contributed by atoms with Gasteiger partial charge in [0.05, 0.1) is 4.47 Å². The van der Waals surface area contributed by atoms with Gasteiger partial charge >= 0.3 is 0 Å². The summed E-state index contributed by atoms with van der Waals surface area (Å²) >= 11 is 6.86. The van der Waals surface area contributed by atoms with Crippen LogP contribution in [0, 0.1) is 5.82 Å². The van der Waals surface area contributed by atoms with Crippen LogP contribution in [0.25, 0.3) is 0 Å². The van der Waals surface area contributed by atoms with Crippen molar-refractivity contribution in [1.29, 1.82) is 0 Å². The second-order valence-electron chi connectivity index (χ2n) is 6.30. The number of aliphatic hydroxyl groups is 1. The molecule has 1 aliphatic rings. The van der Waals surface area contributed by atoms with Crippen LogP contribution in [0.15, 0.2) is 51.4 Å². The predicted octanol–water partition coefficient (Wildman–Crippen LogP) is 4.76. The van der Waals surface area contributed by atoms with E-state index in [1.807, 2.05) is 30.3 Å². The van der Waals surface area contributed by atoms with E-state index < -0.39 is 6.10 Å². The number of hydrogen-bond acceptors (Lipinski definition) is 4. The van der Waals surface area contributed by atoms with Crippen molar-refractivity contribution in [3.63, 3.8) is 0 Å². The molecule has 28 heavy (non-hydrogen) atoms. The number of nitrogens with zero attached hydrogens (tertiary/aromatic N) is 2. The van der Waals surface area contributed by atoms with Crippen LogP contribution in [0.1, 0.15) is 0 Å². The minimum atomic E-state index is -0.553. The lowest BCUT2D eigenvalue weighted by Gasteiger charge is -2.36. The van der Waals surface area contributed by atoms with E-state index in [1.165, 1.54) is 12.1 Å². The summed E-state index contributed by atoms with van der Waals surface area (Å²) in [6, 6.07) is 12.3. The summed E-state index contributed by atoms with van der Waals surface area (Å²) in [6.45, 7) is 4.26. The zero-order chi connectivity index (χ0) is 18.5. The third-order valence-corrected chi connectivity index (χ3v) is 5.47. The first-order valence-electron chi connectivity index (χ1n) is 8.50. The molecule has 1 heterocycles. The van der Waals surface area contributed by atoms with Crippen molar-refractivity contribution in [2.75, 3.05) is 44.2 Å². The molecule has 0 aliphatic carbocycles. The van der Waals surface area contributed by atoms with Crippen molar-refractivity contribution in [2.24, 2.45) is 0 Å². The second kappa shape index (κ2) is 12.2. The molecule has 0 bridgehead atoms. The zero-order valence-electron chi connectivity index (χ0n) is 15.1. The van der Waals surface area contributed by atoms with Crippen LogP contribution in [0.4, 0.5) is 10.1 Å². The summed E-state index contributed by atoms with van der Waals surface area (Å²) in [6.07, 6.45) is -0.553. The molecule has 0 spiro atoms. The van der Waals surface area contributed by atoms with Gasteiger partial charge in [-0.25, -0.2) is 4.39 Å². The number of ether oxygens (including phenoxy) is 1. The highest BCUT2D eigenvalue weighted by molar-refractivity contribution is 9.11. The number of anilines is 1. The van der Waals surface area contributed by atoms with Gasteiger partial charge in [0.1, 0.15) is 24.3 Å². The van der Waals surface area contributed by atoms with Gasteiger partial charge in [-0.05, 0) is 58.4 Å². The zero-order valence-corrected chi connectivity index (χ0v) is 19.9. The molecule has 1 unspecified atom stereocenters. The van der Waals surface area contributed by atoms with Crippen LogP contribution < -0.4 is 9.64 Å². The fourth-order valence-electron chi connectivity index (χ4n) is 2.97. The van der Waals surface area contributed by atoms with E-state index in [2.05, 4.69) is 41.7 Å². The molecule has 0 saturated carbocycles. The van der Waals surface area contributed by atoms with Gasteiger partial charge in [0, 0.05) is 42.9 Å². The minimum Gasteiger partial charge on any atom is -0.490 e. The molecular formula is C19H23Br2Cl2FN2O2. The minimum absolute atomic E-state index is 0. The molecule has 1 N–H and O–H groups in total. The summed E-state index contributed by atoms with van der Waals surface area (Å²) in [5, 5.41) is 10.3. The molecular weight excluding hydrogens is 538 g/mol. The Hall–Kier alpha value is -0.570. The second-order valence-corrected chi connectivity index (χ2v) is 8.07. The van der Waals surface area contributed by atoms with Crippen molar-refractivity contribution in [1.82, 2.24) is 4.90 Å². The van der Waals surface area contributed by atoms with Crippen LogP contribution in [0.2, 0.25) is 0 Å². The van der Waals surface area contributed by atoms with Gasteiger partial charge in [0.25, 0.3) is 0 Å². The van der Waals surface area contributed by atoms with Gasteiger partial charge < -0.3 is 14.7 Å². The topological polar surface area (TPSA) is 35.9 Å². The highest BCUT2D eigenvalue weighted by Crippen LogP contribution is 2.28. The molecule has 9 heteroatoms. The van der Waals surface area contributed by atoms with Gasteiger partial charge in [-0.15, -0.1) is 24.8 Å². The molecule has 2 aromatic rings. The van der Waals surface area contributed by atoms with Crippen LogP contribution >= 0.6 is 56.7 Å². The van der Waals surface area contributed by atoms with Crippen molar-refractivity contribution in [2.45, 2.75) is 6.10 Å². The van der Waals surface area contributed by atoms with Gasteiger partial charge in [-0.2, -0.15) is 0 Å². The van der Waals surface area contributed by atoms with Crippen molar-refractivity contribution < 1.29 is 14.2 Å². The lowest BCUT2D eigenvalue weighted by Crippen LogP contribution is -2.49. The molecule has 4 nitrogen and oxygen atoms in total. The Morgan fingerprint density at radius 3 is 2.25 bits per heavy atom. The lowest BCUT2D eigenvalue weighted by atomic mass is 10.2. The third-order valence-electron chi connectivity index (χ3n) is 4.36. The number of aliphatic hydroxyl groups excluding tert-OH is 1. The van der Waals surface area contributed by atoms with E-state index in [-0.39, 0.29) is 37.2 Å². The molecule has 0 radical (unpaired) electrons. The Morgan fingerprint density at radius 2 is 1.64 bits per heavy atom. The Balaban J connectivity index is 0.00000196. The summed E-state index contributed by atoms with van der Waals surface area (Å²) in [5.41, 5.74) is 1.04. The number of rotatable bonds is 6. The average Bonchev–Trinajstić information content (AvgIpc) is 2.62. The highest BCUT2D eigenvalue weighted by Gasteiger charge is 2.20. The van der Waals surface area contributed by atoms with E-state index in [9.17, 15) is 9.50 Å². The van der Waals surface area contributed by atoms with Crippen molar-refractivity contribution in [3.8, 4) is 5.75 Å². The molecule has 0 aromatic heterocycles. The quantitative estimate of drug-likeness (QED) is 0.553. The average molecular weight is 561 g/mol. The Kier molecular flexibility index (Phi) is 11.1. The molecule has 1 aliphatic heterocycles. The number of hydrogen-bond donors (Lipinski definition) is 1. The van der Waals surface area contributed by atoms with Crippen molar-refractivity contribution >= 4 is 62.4 Å². The molecule has 156 valence electrons. The van der Waals surface area contributed by atoms with Gasteiger partial charge in [-0.3, -0.25) is 4.90 Å². The van der Waals surface area contributed by atoms with Crippen LogP contribution in [0.3, 0.4) is 0 Å². The van der Waals surface area contributed by atoms with E-state index in [0.29, 0.717) is 12.3 Å². The standard InChI is InChI=1S/C19H21Br2FN2O2.2ClH/c20-14-1-6-19(18(21)11-14)26-13-17(25)12-23-7-9-24(10-8-23)16-4-2-15(22)3-5-16;;/h1-6,11,17,25H,7-10,12-13H2;2*1H. The Morgan fingerprint density at radius 1 is 1.00 bits per heavy atom. The lowest BCUT2D eigenvalue weighted by molar-refractivity contribution is 0.0660. The monoisotopic (exact) mass is 558 g/mol. The Bertz CT molecular complexity index is 732. The third kappa shape index (κ3) is 7.35. The number of piperazine rings is 1. The highest BCUT2D eigenvalue weighted by atomic mass is 79.9. The molecule has 1 saturated heterocycles. The maximum absolute atomic E-state index is 13.0. The summed E-state index contributed by atoms with van der Waals surface area (Å²) in [5.74, 6) is 0.501. The normalized spacial score (nSPS) is 15.4. The number of β-amino-alcohol motifs (C(OH)–C–C–N with tert-alkyl or cyclic N) is 1. The van der Waals surface area contributed by atoms with E-state index in [1.54, 1.807) is 0 Å². The van der Waals surface area contributed by atoms with Crippen LogP contribution in [-0.2, 0) is 0 Å². The largest absolute Gasteiger partial charge is 0.490 e. The first-order chi connectivity index (χ1) is 12.5. The van der Waals surface area contributed by atoms with Gasteiger partial charge in [-0.1, -0.05) is 15.9 Å². The Labute approximate surface area is 194 Å². The van der Waals surface area contributed by atoms with E-state index in [4.69, 9.17) is 4.74 Å². The van der Waals surface area contributed by atoms with Crippen LogP contribution in [-0.4, -0.2) is 55.4 Å². The molecule has 1 atom stereocenters. The summed E-state index contributed by atoms with van der Waals surface area (Å²) in [7, 11) is 0. The van der Waals surface area contributed by atoms with Crippen LogP contribution in [0.5, 0.6) is 5.75 Å². The van der Waals surface area contributed by atoms with Gasteiger partial charge in [0.15, 0.2) is 0 Å². The first-order valence-corrected chi connectivity index (χ1v) is 10.1.